The Morgan fingerprint density at radius 3 is 2.57 bits per heavy atom. The van der Waals surface area contributed by atoms with Crippen molar-refractivity contribution < 1.29 is 14.3 Å². The summed E-state index contributed by atoms with van der Waals surface area (Å²) in [5.74, 6) is 0.540. The summed E-state index contributed by atoms with van der Waals surface area (Å²) in [4.78, 5) is 33.4. The number of urea groups is 1. The van der Waals surface area contributed by atoms with Gasteiger partial charge >= 0.3 is 6.03 Å². The molecule has 4 aromatic rings. The second kappa shape index (κ2) is 9.76. The zero-order chi connectivity index (χ0) is 24.4. The number of nitrogens with one attached hydrogen (secondary N) is 1. The number of anilines is 2. The highest BCUT2D eigenvalue weighted by Gasteiger charge is 2.30. The Bertz CT molecular complexity index is 1370. The highest BCUT2D eigenvalue weighted by Crippen LogP contribution is 2.31. The van der Waals surface area contributed by atoms with Gasteiger partial charge in [-0.2, -0.15) is 0 Å². The third-order valence-electron chi connectivity index (χ3n) is 5.85. The molecular weight excluding hydrogens is 460 g/mol. The van der Waals surface area contributed by atoms with E-state index in [1.807, 2.05) is 61.5 Å². The molecule has 5 rings (SSSR count). The van der Waals surface area contributed by atoms with Gasteiger partial charge in [0.15, 0.2) is 0 Å². The van der Waals surface area contributed by atoms with Crippen LogP contribution < -0.4 is 15.0 Å². The fourth-order valence-electron chi connectivity index (χ4n) is 4.08. The van der Waals surface area contributed by atoms with Gasteiger partial charge in [-0.1, -0.05) is 6.07 Å². The number of aryl methyl sites for hydroxylation is 1. The molecule has 3 amide bonds. The van der Waals surface area contributed by atoms with Crippen LogP contribution >= 0.6 is 11.3 Å². The summed E-state index contributed by atoms with van der Waals surface area (Å²) < 4.78 is 6.62. The highest BCUT2D eigenvalue weighted by molar-refractivity contribution is 7.21. The van der Waals surface area contributed by atoms with E-state index in [0.29, 0.717) is 25.4 Å². The fraction of sp³-hybridized carbons (Fsp3) is 0.222. The van der Waals surface area contributed by atoms with E-state index in [0.717, 1.165) is 32.2 Å². The van der Waals surface area contributed by atoms with Crippen molar-refractivity contribution in [3.8, 4) is 16.3 Å². The third-order valence-corrected chi connectivity index (χ3v) is 6.92. The van der Waals surface area contributed by atoms with Crippen LogP contribution in [0.1, 0.15) is 12.5 Å². The zero-order valence-corrected chi connectivity index (χ0v) is 20.5. The van der Waals surface area contributed by atoms with Crippen molar-refractivity contribution in [1.29, 1.82) is 0 Å². The molecule has 178 valence electrons. The molecule has 0 spiro atoms. The smallest absolute Gasteiger partial charge is 0.325 e. The second-order valence-corrected chi connectivity index (χ2v) is 9.43. The Labute approximate surface area is 208 Å². The van der Waals surface area contributed by atoms with Gasteiger partial charge in [0.1, 0.15) is 17.3 Å². The molecule has 0 unspecified atom stereocenters. The molecule has 0 saturated carbocycles. The first-order valence-corrected chi connectivity index (χ1v) is 12.4. The largest absolute Gasteiger partial charge is 0.494 e. The third kappa shape index (κ3) is 4.97. The molecule has 1 N–H and O–H groups in total. The maximum atomic E-state index is 12.8. The van der Waals surface area contributed by atoms with Crippen molar-refractivity contribution in [2.45, 2.75) is 13.8 Å². The van der Waals surface area contributed by atoms with Crippen molar-refractivity contribution in [3.05, 3.63) is 72.3 Å². The van der Waals surface area contributed by atoms with Crippen LogP contribution in [0.3, 0.4) is 0 Å². The summed E-state index contributed by atoms with van der Waals surface area (Å²) in [6.07, 6.45) is 0. The standard InChI is InChI=1S/C27H26N4O3S/c1-3-34-22-11-9-21(10-12-22)31-15-14-30(27(31)33)17-25(32)28-20-7-5-19(6-8-20)26-29-23-13-4-18(2)16-24(23)35-26/h4-13,16H,3,14-15,17H2,1-2H3,(H,28,32). The number of nitrogens with zero attached hydrogens (tertiary/aromatic N) is 3. The molecule has 3 aromatic carbocycles. The molecule has 0 aliphatic carbocycles. The van der Waals surface area contributed by atoms with Gasteiger partial charge in [-0.3, -0.25) is 9.69 Å². The number of carbonyl (C=O) groups is 2. The van der Waals surface area contributed by atoms with Gasteiger partial charge in [0, 0.05) is 30.0 Å². The number of carbonyl (C=O) groups excluding carboxylic acids is 2. The number of fused-ring (bicyclic) bond motifs is 1. The molecule has 1 aliphatic rings. The van der Waals surface area contributed by atoms with Gasteiger partial charge in [0.05, 0.1) is 16.8 Å². The number of benzene rings is 3. The molecule has 0 atom stereocenters. The lowest BCUT2D eigenvalue weighted by Crippen LogP contribution is -2.37. The quantitative estimate of drug-likeness (QED) is 0.372. The predicted molar refractivity (Wildman–Crippen MR) is 140 cm³/mol. The molecule has 35 heavy (non-hydrogen) atoms. The average molecular weight is 487 g/mol. The normalized spacial score (nSPS) is 13.5. The summed E-state index contributed by atoms with van der Waals surface area (Å²) >= 11 is 1.65. The van der Waals surface area contributed by atoms with Gasteiger partial charge in [0.25, 0.3) is 0 Å². The van der Waals surface area contributed by atoms with Crippen molar-refractivity contribution in [2.75, 3.05) is 36.5 Å². The Kier molecular flexibility index (Phi) is 6.37. The van der Waals surface area contributed by atoms with Crippen molar-refractivity contribution >= 4 is 44.9 Å². The molecule has 1 fully saturated rings. The lowest BCUT2D eigenvalue weighted by molar-refractivity contribution is -0.116. The Balaban J connectivity index is 1.19. The van der Waals surface area contributed by atoms with E-state index in [9.17, 15) is 9.59 Å². The average Bonchev–Trinajstić information content (AvgIpc) is 3.43. The predicted octanol–water partition coefficient (Wildman–Crippen LogP) is 5.55. The van der Waals surface area contributed by atoms with Crippen LogP contribution in [0.25, 0.3) is 20.8 Å². The second-order valence-electron chi connectivity index (χ2n) is 8.40. The first-order valence-electron chi connectivity index (χ1n) is 11.6. The van der Waals surface area contributed by atoms with Gasteiger partial charge in [0.2, 0.25) is 5.91 Å². The maximum absolute atomic E-state index is 12.8. The number of ether oxygens (including phenoxy) is 1. The number of thiazole rings is 1. The molecular formula is C27H26N4O3S. The Hall–Kier alpha value is -3.91. The topological polar surface area (TPSA) is 74.8 Å². The molecule has 7 nitrogen and oxygen atoms in total. The minimum Gasteiger partial charge on any atom is -0.494 e. The SMILES string of the molecule is CCOc1ccc(N2CCN(CC(=O)Nc3ccc(-c4nc5ccc(C)cc5s4)cc3)C2=O)cc1. The van der Waals surface area contributed by atoms with Crippen molar-refractivity contribution in [1.82, 2.24) is 9.88 Å². The number of rotatable bonds is 7. The minimum absolute atomic E-state index is 0.00529. The first-order chi connectivity index (χ1) is 17.0. The van der Waals surface area contributed by atoms with Crippen LogP contribution in [-0.2, 0) is 4.79 Å². The van der Waals surface area contributed by atoms with Crippen LogP contribution in [0, 0.1) is 6.92 Å². The van der Waals surface area contributed by atoms with E-state index >= 15 is 0 Å². The van der Waals surface area contributed by atoms with E-state index in [1.165, 1.54) is 5.56 Å². The lowest BCUT2D eigenvalue weighted by Gasteiger charge is -2.18. The Morgan fingerprint density at radius 1 is 1.06 bits per heavy atom. The molecule has 1 saturated heterocycles. The maximum Gasteiger partial charge on any atom is 0.325 e. The van der Waals surface area contributed by atoms with E-state index in [-0.39, 0.29) is 18.5 Å². The summed E-state index contributed by atoms with van der Waals surface area (Å²) in [6.45, 7) is 5.63. The van der Waals surface area contributed by atoms with E-state index in [2.05, 4.69) is 24.4 Å². The van der Waals surface area contributed by atoms with Crippen molar-refractivity contribution in [2.24, 2.45) is 0 Å². The minimum atomic E-state index is -0.227. The van der Waals surface area contributed by atoms with E-state index in [4.69, 9.17) is 9.72 Å². The number of aromatic nitrogens is 1. The highest BCUT2D eigenvalue weighted by atomic mass is 32.1. The molecule has 2 heterocycles. The van der Waals surface area contributed by atoms with Gasteiger partial charge in [-0.15, -0.1) is 11.3 Å². The van der Waals surface area contributed by atoms with Crippen molar-refractivity contribution in [3.63, 3.8) is 0 Å². The molecule has 1 aliphatic heterocycles. The van der Waals surface area contributed by atoms with Crippen LogP contribution in [0.5, 0.6) is 5.75 Å². The van der Waals surface area contributed by atoms with Gasteiger partial charge in [-0.25, -0.2) is 9.78 Å². The number of hydrogen-bond donors (Lipinski definition) is 1. The lowest BCUT2D eigenvalue weighted by atomic mass is 10.2. The first kappa shape index (κ1) is 22.9. The summed E-state index contributed by atoms with van der Waals surface area (Å²) in [7, 11) is 0. The summed E-state index contributed by atoms with van der Waals surface area (Å²) in [5.41, 5.74) is 4.68. The van der Waals surface area contributed by atoms with Gasteiger partial charge < -0.3 is 15.0 Å². The molecule has 1 aromatic heterocycles. The zero-order valence-electron chi connectivity index (χ0n) is 19.7. The van der Waals surface area contributed by atoms with E-state index < -0.39 is 0 Å². The van der Waals surface area contributed by atoms with Gasteiger partial charge in [-0.05, 0) is 80.1 Å². The Morgan fingerprint density at radius 2 is 1.83 bits per heavy atom. The van der Waals surface area contributed by atoms with Crippen LogP contribution in [0.4, 0.5) is 16.2 Å². The van der Waals surface area contributed by atoms with Crippen LogP contribution in [0.2, 0.25) is 0 Å². The molecule has 0 radical (unpaired) electrons. The summed E-state index contributed by atoms with van der Waals surface area (Å²) in [5, 5.41) is 3.84. The van der Waals surface area contributed by atoms with Crippen LogP contribution in [0.15, 0.2) is 66.7 Å². The monoisotopic (exact) mass is 486 g/mol. The van der Waals surface area contributed by atoms with E-state index in [1.54, 1.807) is 21.1 Å². The number of amides is 3. The number of hydrogen-bond acceptors (Lipinski definition) is 5. The molecule has 0 bridgehead atoms. The van der Waals surface area contributed by atoms with Crippen LogP contribution in [-0.4, -0.2) is 48.1 Å². The summed E-state index contributed by atoms with van der Waals surface area (Å²) in [6, 6.07) is 21.1. The molecule has 8 heteroatoms. The fourth-order valence-corrected chi connectivity index (χ4v) is 5.15.